The van der Waals surface area contributed by atoms with Crippen LogP contribution in [0.3, 0.4) is 0 Å². The van der Waals surface area contributed by atoms with Crippen LogP contribution in [0, 0.1) is 24.2 Å². The van der Waals surface area contributed by atoms with E-state index in [1.165, 1.54) is 16.7 Å². The Morgan fingerprint density at radius 3 is 2.59 bits per heavy atom. The molecule has 51 heavy (non-hydrogen) atoms. The summed E-state index contributed by atoms with van der Waals surface area (Å²) in [6.45, 7) is 12.5. The summed E-state index contributed by atoms with van der Waals surface area (Å²) in [5, 5.41) is 6.08. The molecule has 3 saturated carbocycles. The number of rotatable bonds is 10. The SMILES string of the molecule is C=CC[C@H](NC(=O)[C@@H]1C[C@@H](Cc2ccc(C)cc2)c2c(Cl)nc(NCc3cccc(C(F)(F)F)c3)c(=O)n21)B1OC2CC3CC(C3(C)C)[C@@]2(C)O1. The Labute approximate surface area is 301 Å². The monoisotopic (exact) mass is 722 g/mol. The molecule has 1 amide bonds. The molecule has 1 saturated heterocycles. The number of amides is 1. The Bertz CT molecular complexity index is 1900. The second-order valence-electron chi connectivity index (χ2n) is 15.5. The Hall–Kier alpha value is -3.61. The molecule has 2 bridgehead atoms. The predicted octanol–water partition coefficient (Wildman–Crippen LogP) is 7.44. The molecule has 0 radical (unpaired) electrons. The minimum absolute atomic E-state index is 0.0530. The van der Waals surface area contributed by atoms with Gasteiger partial charge in [0.25, 0.3) is 5.56 Å². The molecule has 3 unspecified atom stereocenters. The molecule has 3 aliphatic carbocycles. The largest absolute Gasteiger partial charge is 0.482 e. The van der Waals surface area contributed by atoms with Crippen LogP contribution in [0.2, 0.25) is 5.15 Å². The van der Waals surface area contributed by atoms with E-state index >= 15 is 0 Å². The van der Waals surface area contributed by atoms with Crippen LogP contribution >= 0.6 is 11.6 Å². The summed E-state index contributed by atoms with van der Waals surface area (Å²) in [6, 6.07) is 11.9. The summed E-state index contributed by atoms with van der Waals surface area (Å²) in [5.41, 5.74) is 1.18. The molecule has 13 heteroatoms. The van der Waals surface area contributed by atoms with Crippen LogP contribution in [0.25, 0.3) is 0 Å². The van der Waals surface area contributed by atoms with Gasteiger partial charge in [0.1, 0.15) is 6.04 Å². The molecule has 3 aromatic rings. The van der Waals surface area contributed by atoms with Crippen molar-refractivity contribution in [3.05, 3.63) is 105 Å². The molecular weight excluding hydrogens is 680 g/mol. The fourth-order valence-corrected chi connectivity index (χ4v) is 9.36. The summed E-state index contributed by atoms with van der Waals surface area (Å²) in [7, 11) is -0.691. The topological polar surface area (TPSA) is 94.5 Å². The van der Waals surface area contributed by atoms with Gasteiger partial charge < -0.3 is 19.9 Å². The van der Waals surface area contributed by atoms with Crippen LogP contribution in [0.4, 0.5) is 19.0 Å². The van der Waals surface area contributed by atoms with Gasteiger partial charge in [0.05, 0.1) is 28.9 Å². The zero-order valence-corrected chi connectivity index (χ0v) is 30.0. The lowest BCUT2D eigenvalue weighted by Crippen LogP contribution is -2.65. The third-order valence-electron chi connectivity index (χ3n) is 12.0. The number of carbonyl (C=O) groups is 1. The number of anilines is 1. The number of aromatic nitrogens is 2. The number of carbonyl (C=O) groups excluding carboxylic acids is 1. The van der Waals surface area contributed by atoms with Crippen LogP contribution in [0.1, 0.15) is 86.4 Å². The summed E-state index contributed by atoms with van der Waals surface area (Å²) >= 11 is 6.81. The zero-order valence-electron chi connectivity index (χ0n) is 29.2. The molecule has 2 aliphatic heterocycles. The van der Waals surface area contributed by atoms with E-state index in [1.54, 1.807) is 6.08 Å². The van der Waals surface area contributed by atoms with Crippen LogP contribution < -0.4 is 16.2 Å². The van der Waals surface area contributed by atoms with Gasteiger partial charge in [-0.1, -0.05) is 73.5 Å². The van der Waals surface area contributed by atoms with Crippen LogP contribution in [0.15, 0.2) is 66.0 Å². The third kappa shape index (κ3) is 6.41. The number of nitrogens with zero attached hydrogens (tertiary/aromatic N) is 2. The van der Waals surface area contributed by atoms with Crippen molar-refractivity contribution in [2.45, 2.75) is 102 Å². The highest BCUT2D eigenvalue weighted by Gasteiger charge is 2.68. The first-order chi connectivity index (χ1) is 24.1. The fourth-order valence-electron chi connectivity index (χ4n) is 9.03. The Kier molecular flexibility index (Phi) is 9.20. The van der Waals surface area contributed by atoms with E-state index in [0.717, 1.165) is 36.1 Å². The summed E-state index contributed by atoms with van der Waals surface area (Å²) in [6.07, 6.45) is 0.326. The average Bonchev–Trinajstić information content (AvgIpc) is 3.64. The van der Waals surface area contributed by atoms with Crippen molar-refractivity contribution in [3.63, 3.8) is 0 Å². The van der Waals surface area contributed by atoms with Gasteiger partial charge in [-0.15, -0.1) is 6.58 Å². The van der Waals surface area contributed by atoms with Crippen molar-refractivity contribution in [2.24, 2.45) is 17.3 Å². The number of benzene rings is 2. The minimum Gasteiger partial charge on any atom is -0.404 e. The number of hydrogen-bond acceptors (Lipinski definition) is 6. The quantitative estimate of drug-likeness (QED) is 0.167. The maximum atomic E-state index is 14.3. The van der Waals surface area contributed by atoms with Gasteiger partial charge in [0.15, 0.2) is 11.0 Å². The highest BCUT2D eigenvalue weighted by molar-refractivity contribution is 6.48. The second-order valence-corrected chi connectivity index (χ2v) is 15.8. The third-order valence-corrected chi connectivity index (χ3v) is 12.3. The molecule has 270 valence electrons. The van der Waals surface area contributed by atoms with Crippen LogP contribution in [0.5, 0.6) is 0 Å². The van der Waals surface area contributed by atoms with Crippen molar-refractivity contribution in [1.29, 1.82) is 0 Å². The van der Waals surface area contributed by atoms with E-state index in [4.69, 9.17) is 20.9 Å². The second kappa shape index (κ2) is 13.1. The van der Waals surface area contributed by atoms with Crippen molar-refractivity contribution in [3.8, 4) is 0 Å². The van der Waals surface area contributed by atoms with Gasteiger partial charge in [-0.3, -0.25) is 14.2 Å². The first-order valence-corrected chi connectivity index (χ1v) is 18.0. The lowest BCUT2D eigenvalue weighted by Gasteiger charge is -2.64. The van der Waals surface area contributed by atoms with E-state index in [2.05, 4.69) is 43.0 Å². The smallest absolute Gasteiger partial charge is 0.404 e. The van der Waals surface area contributed by atoms with Gasteiger partial charge in [-0.05, 0) is 86.5 Å². The van der Waals surface area contributed by atoms with E-state index in [0.29, 0.717) is 42.4 Å². The first kappa shape index (κ1) is 35.8. The van der Waals surface area contributed by atoms with Gasteiger partial charge >= 0.3 is 13.3 Å². The fraction of sp³-hybridized carbons (Fsp3) is 0.500. The molecule has 8 rings (SSSR count). The van der Waals surface area contributed by atoms with E-state index in [9.17, 15) is 22.8 Å². The number of nitrogens with one attached hydrogen (secondary N) is 2. The maximum absolute atomic E-state index is 14.3. The standard InChI is InChI=1S/C38H43BClF3N4O4/c1-6-8-30(39-50-29-19-26-18-28(36(26,3)4)37(29,5)51-39)45-34(48)27-17-24(15-22-13-11-21(2)12-14-22)31-32(40)46-33(35(49)47(27)31)44-20-23-9-7-10-25(16-23)38(41,42)43/h6-7,9-14,16,24,26-30H,1,8,15,17-20H2,2-5H3,(H,44,46)(H,45,48)/t24-,26?,27+,28?,29?,30+,37-/m1/s1. The Balaban J connectivity index is 1.17. The van der Waals surface area contributed by atoms with E-state index in [1.807, 2.05) is 31.2 Å². The van der Waals surface area contributed by atoms with E-state index < -0.39 is 42.0 Å². The predicted molar refractivity (Wildman–Crippen MR) is 190 cm³/mol. The van der Waals surface area contributed by atoms with Gasteiger partial charge in [0, 0.05) is 12.5 Å². The van der Waals surface area contributed by atoms with Crippen molar-refractivity contribution in [1.82, 2.24) is 14.9 Å². The molecule has 1 aromatic heterocycles. The maximum Gasteiger partial charge on any atom is 0.482 e. The lowest BCUT2D eigenvalue weighted by molar-refractivity contribution is -0.199. The molecule has 8 nitrogen and oxygen atoms in total. The average molecular weight is 723 g/mol. The summed E-state index contributed by atoms with van der Waals surface area (Å²) in [5.74, 6) is -0.487. The van der Waals surface area contributed by atoms with Crippen molar-refractivity contribution >= 4 is 30.4 Å². The number of fused-ring (bicyclic) bond motifs is 1. The molecule has 7 atom stereocenters. The first-order valence-electron chi connectivity index (χ1n) is 17.6. The van der Waals surface area contributed by atoms with Gasteiger partial charge in [-0.2, -0.15) is 13.2 Å². The van der Waals surface area contributed by atoms with Crippen LogP contribution in [-0.2, 0) is 33.2 Å². The normalized spacial score (nSPS) is 28.0. The summed E-state index contributed by atoms with van der Waals surface area (Å²) < 4.78 is 54.7. The highest BCUT2D eigenvalue weighted by atomic mass is 35.5. The molecule has 2 N–H and O–H groups in total. The molecule has 5 aliphatic rings. The molecular formula is C38H43BClF3N4O4. The number of halogens is 4. The highest BCUT2D eigenvalue weighted by Crippen LogP contribution is 2.65. The van der Waals surface area contributed by atoms with E-state index in [-0.39, 0.29) is 40.9 Å². The number of aryl methyl sites for hydroxylation is 1. The molecule has 3 heterocycles. The molecule has 4 fully saturated rings. The molecule has 0 spiro atoms. The van der Waals surface area contributed by atoms with Crippen molar-refractivity contribution < 1.29 is 27.3 Å². The molecule has 2 aromatic carbocycles. The lowest BCUT2D eigenvalue weighted by atomic mass is 9.43. The zero-order chi connectivity index (χ0) is 36.5. The number of alkyl halides is 3. The summed E-state index contributed by atoms with van der Waals surface area (Å²) in [4.78, 5) is 32.9. The van der Waals surface area contributed by atoms with Crippen LogP contribution in [-0.4, -0.2) is 40.2 Å². The van der Waals surface area contributed by atoms with Gasteiger partial charge in [0.2, 0.25) is 5.91 Å². The van der Waals surface area contributed by atoms with Crippen molar-refractivity contribution in [2.75, 3.05) is 5.32 Å². The van der Waals surface area contributed by atoms with Gasteiger partial charge in [-0.25, -0.2) is 4.98 Å². The Morgan fingerprint density at radius 1 is 1.16 bits per heavy atom. The Morgan fingerprint density at radius 2 is 1.90 bits per heavy atom. The number of hydrogen-bond donors (Lipinski definition) is 2. The minimum atomic E-state index is -4.51.